The highest BCUT2D eigenvalue weighted by molar-refractivity contribution is 5.95. The number of nitrogens with one attached hydrogen (secondary N) is 2. The highest BCUT2D eigenvalue weighted by Crippen LogP contribution is 2.18. The molecule has 1 atom stereocenters. The second-order valence-corrected chi connectivity index (χ2v) is 5.36. The van der Waals surface area contributed by atoms with Crippen LogP contribution in [0.4, 0.5) is 0 Å². The van der Waals surface area contributed by atoms with Crippen molar-refractivity contribution in [3.63, 3.8) is 0 Å². The molecule has 0 aliphatic carbocycles. The van der Waals surface area contributed by atoms with Gasteiger partial charge in [0.25, 0.3) is 5.91 Å². The first-order valence-corrected chi connectivity index (χ1v) is 7.28. The molecule has 1 aliphatic heterocycles. The Bertz CT molecular complexity index is 634. The Morgan fingerprint density at radius 2 is 2.05 bits per heavy atom. The Morgan fingerprint density at radius 1 is 1.24 bits per heavy atom. The normalized spacial score (nSPS) is 17.7. The third kappa shape index (κ3) is 3.11. The van der Waals surface area contributed by atoms with Crippen LogP contribution in [0.3, 0.4) is 0 Å². The van der Waals surface area contributed by atoms with Crippen LogP contribution in [0.15, 0.2) is 42.5 Å². The second kappa shape index (κ2) is 6.06. The number of carbonyl (C=O) groups is 1. The smallest absolute Gasteiger partial charge is 0.253 e. The largest absolute Gasteiger partial charge is 0.348 e. The van der Waals surface area contributed by atoms with Crippen molar-refractivity contribution in [2.45, 2.75) is 19.4 Å². The molecule has 0 spiro atoms. The molecule has 0 saturated carbocycles. The number of pyridine rings is 1. The average molecular weight is 281 g/mol. The minimum absolute atomic E-state index is 0.0340. The Kier molecular flexibility index (Phi) is 3.97. The summed E-state index contributed by atoms with van der Waals surface area (Å²) < 4.78 is 0. The summed E-state index contributed by atoms with van der Waals surface area (Å²) in [5.41, 5.74) is 3.38. The van der Waals surface area contributed by atoms with Crippen LogP contribution in [0, 0.1) is 6.92 Å². The Labute approximate surface area is 124 Å². The summed E-state index contributed by atoms with van der Waals surface area (Å²) >= 11 is 0. The van der Waals surface area contributed by atoms with Gasteiger partial charge >= 0.3 is 0 Å². The lowest BCUT2D eigenvalue weighted by Crippen LogP contribution is -2.36. The first-order chi connectivity index (χ1) is 10.2. The molecule has 1 amide bonds. The first-order valence-electron chi connectivity index (χ1n) is 7.28. The summed E-state index contributed by atoms with van der Waals surface area (Å²) in [5, 5.41) is 6.30. The van der Waals surface area contributed by atoms with Crippen molar-refractivity contribution in [3.05, 3.63) is 53.7 Å². The van der Waals surface area contributed by atoms with Gasteiger partial charge in [-0.05, 0) is 32.0 Å². The van der Waals surface area contributed by atoms with Gasteiger partial charge in [0.2, 0.25) is 0 Å². The predicted molar refractivity (Wildman–Crippen MR) is 83.2 cm³/mol. The van der Waals surface area contributed by atoms with Gasteiger partial charge < -0.3 is 10.6 Å². The third-order valence-electron chi connectivity index (χ3n) is 3.80. The number of aromatic nitrogens is 1. The number of rotatable bonds is 3. The molecule has 1 aromatic carbocycles. The van der Waals surface area contributed by atoms with Crippen molar-refractivity contribution in [2.75, 3.05) is 13.1 Å². The van der Waals surface area contributed by atoms with Crippen LogP contribution in [0.5, 0.6) is 0 Å². The summed E-state index contributed by atoms with van der Waals surface area (Å²) in [6.45, 7) is 3.70. The van der Waals surface area contributed by atoms with Gasteiger partial charge in [-0.2, -0.15) is 0 Å². The van der Waals surface area contributed by atoms with E-state index in [9.17, 15) is 4.79 Å². The molecular weight excluding hydrogens is 262 g/mol. The van der Waals surface area contributed by atoms with E-state index in [0.717, 1.165) is 36.5 Å². The first kappa shape index (κ1) is 13.8. The average Bonchev–Trinajstić information content (AvgIpc) is 3.01. The minimum Gasteiger partial charge on any atom is -0.348 e. The molecule has 21 heavy (non-hydrogen) atoms. The number of amides is 1. The SMILES string of the molecule is Cc1nc(-c2ccccc2)ccc1C(=O)NC1CCNC1. The van der Waals surface area contributed by atoms with E-state index in [1.165, 1.54) is 0 Å². The Hall–Kier alpha value is -2.20. The molecule has 1 saturated heterocycles. The van der Waals surface area contributed by atoms with E-state index in [1.54, 1.807) is 0 Å². The van der Waals surface area contributed by atoms with E-state index >= 15 is 0 Å². The van der Waals surface area contributed by atoms with Crippen LogP contribution in [0.25, 0.3) is 11.3 Å². The molecular formula is C17H19N3O. The van der Waals surface area contributed by atoms with Gasteiger partial charge in [0.05, 0.1) is 17.0 Å². The Morgan fingerprint density at radius 3 is 2.71 bits per heavy atom. The molecule has 4 nitrogen and oxygen atoms in total. The summed E-state index contributed by atoms with van der Waals surface area (Å²) in [6, 6.07) is 14.0. The zero-order chi connectivity index (χ0) is 14.7. The monoisotopic (exact) mass is 281 g/mol. The minimum atomic E-state index is -0.0340. The van der Waals surface area contributed by atoms with E-state index in [2.05, 4.69) is 15.6 Å². The fraction of sp³-hybridized carbons (Fsp3) is 0.294. The predicted octanol–water partition coefficient (Wildman–Crippen LogP) is 2.15. The van der Waals surface area contributed by atoms with Crippen LogP contribution < -0.4 is 10.6 Å². The molecule has 108 valence electrons. The molecule has 1 aromatic heterocycles. The van der Waals surface area contributed by atoms with Gasteiger partial charge in [0, 0.05) is 18.2 Å². The van der Waals surface area contributed by atoms with Crippen molar-refractivity contribution >= 4 is 5.91 Å². The topological polar surface area (TPSA) is 54.0 Å². The fourth-order valence-electron chi connectivity index (χ4n) is 2.61. The van der Waals surface area contributed by atoms with Crippen molar-refractivity contribution in [1.29, 1.82) is 0 Å². The van der Waals surface area contributed by atoms with E-state index in [-0.39, 0.29) is 11.9 Å². The summed E-state index contributed by atoms with van der Waals surface area (Å²) in [6.07, 6.45) is 0.986. The van der Waals surface area contributed by atoms with Gasteiger partial charge in [0.1, 0.15) is 0 Å². The van der Waals surface area contributed by atoms with Crippen molar-refractivity contribution in [3.8, 4) is 11.3 Å². The highest BCUT2D eigenvalue weighted by Gasteiger charge is 2.19. The molecule has 2 aromatic rings. The summed E-state index contributed by atoms with van der Waals surface area (Å²) in [7, 11) is 0. The van der Waals surface area contributed by atoms with Crippen molar-refractivity contribution < 1.29 is 4.79 Å². The molecule has 0 radical (unpaired) electrons. The van der Waals surface area contributed by atoms with E-state index < -0.39 is 0 Å². The molecule has 2 N–H and O–H groups in total. The van der Waals surface area contributed by atoms with E-state index in [1.807, 2.05) is 49.4 Å². The quantitative estimate of drug-likeness (QED) is 0.906. The fourth-order valence-corrected chi connectivity index (χ4v) is 2.61. The number of carbonyl (C=O) groups excluding carboxylic acids is 1. The van der Waals surface area contributed by atoms with Gasteiger partial charge in [0.15, 0.2) is 0 Å². The van der Waals surface area contributed by atoms with Crippen LogP contribution in [-0.2, 0) is 0 Å². The molecule has 4 heteroatoms. The number of hydrogen-bond acceptors (Lipinski definition) is 3. The zero-order valence-electron chi connectivity index (χ0n) is 12.1. The lowest BCUT2D eigenvalue weighted by Gasteiger charge is -2.13. The van der Waals surface area contributed by atoms with E-state index in [0.29, 0.717) is 5.56 Å². The number of benzene rings is 1. The van der Waals surface area contributed by atoms with Crippen molar-refractivity contribution in [2.24, 2.45) is 0 Å². The lowest BCUT2D eigenvalue weighted by molar-refractivity contribution is 0.0939. The van der Waals surface area contributed by atoms with E-state index in [4.69, 9.17) is 0 Å². The maximum Gasteiger partial charge on any atom is 0.253 e. The molecule has 1 fully saturated rings. The third-order valence-corrected chi connectivity index (χ3v) is 3.80. The molecule has 3 rings (SSSR count). The van der Waals surface area contributed by atoms with Crippen LogP contribution in [0.1, 0.15) is 22.5 Å². The van der Waals surface area contributed by atoms with Gasteiger partial charge in [-0.25, -0.2) is 0 Å². The summed E-state index contributed by atoms with van der Waals surface area (Å²) in [4.78, 5) is 16.9. The van der Waals surface area contributed by atoms with Crippen LogP contribution in [0.2, 0.25) is 0 Å². The van der Waals surface area contributed by atoms with Gasteiger partial charge in [-0.3, -0.25) is 9.78 Å². The Balaban J connectivity index is 1.79. The van der Waals surface area contributed by atoms with Crippen molar-refractivity contribution in [1.82, 2.24) is 15.6 Å². The molecule has 1 unspecified atom stereocenters. The van der Waals surface area contributed by atoms with Crippen LogP contribution in [-0.4, -0.2) is 30.0 Å². The standard InChI is InChI=1S/C17H19N3O/c1-12-15(17(21)20-14-9-10-18-11-14)7-8-16(19-12)13-5-3-2-4-6-13/h2-8,14,18H,9-11H2,1H3,(H,20,21). The second-order valence-electron chi connectivity index (χ2n) is 5.36. The number of aryl methyl sites for hydroxylation is 1. The molecule has 2 heterocycles. The van der Waals surface area contributed by atoms with Gasteiger partial charge in [-0.1, -0.05) is 30.3 Å². The zero-order valence-corrected chi connectivity index (χ0v) is 12.1. The van der Waals surface area contributed by atoms with Crippen LogP contribution >= 0.6 is 0 Å². The van der Waals surface area contributed by atoms with Gasteiger partial charge in [-0.15, -0.1) is 0 Å². The number of nitrogens with zero attached hydrogens (tertiary/aromatic N) is 1. The maximum absolute atomic E-state index is 12.3. The maximum atomic E-state index is 12.3. The lowest BCUT2D eigenvalue weighted by atomic mass is 10.1. The molecule has 1 aliphatic rings. The number of hydrogen-bond donors (Lipinski definition) is 2. The highest BCUT2D eigenvalue weighted by atomic mass is 16.1. The summed E-state index contributed by atoms with van der Waals surface area (Å²) in [5.74, 6) is -0.0340. The molecule has 0 bridgehead atoms.